The summed E-state index contributed by atoms with van der Waals surface area (Å²) >= 11 is 6.09. The number of hydrogen-bond acceptors (Lipinski definition) is 5. The SMILES string of the molecule is Nc1ncc(-c2ccc(Cl)cc2)c(C2CCCCN2C(=O)c2cccc(CN3CCCC3=O)c2)n1. The van der Waals surface area contributed by atoms with Gasteiger partial charge in [-0.1, -0.05) is 35.9 Å². The van der Waals surface area contributed by atoms with Crippen LogP contribution in [0.25, 0.3) is 11.1 Å². The Morgan fingerprint density at radius 1 is 1.09 bits per heavy atom. The molecule has 180 valence electrons. The van der Waals surface area contributed by atoms with Crippen LogP contribution in [0.4, 0.5) is 5.95 Å². The maximum Gasteiger partial charge on any atom is 0.254 e. The first kappa shape index (κ1) is 23.3. The van der Waals surface area contributed by atoms with Crippen LogP contribution in [0.1, 0.15) is 59.8 Å². The highest BCUT2D eigenvalue weighted by molar-refractivity contribution is 6.30. The first-order chi connectivity index (χ1) is 17.0. The van der Waals surface area contributed by atoms with E-state index in [9.17, 15) is 9.59 Å². The molecule has 0 aliphatic carbocycles. The maximum absolute atomic E-state index is 13.8. The minimum atomic E-state index is -0.212. The fourth-order valence-electron chi connectivity index (χ4n) is 5.03. The predicted molar refractivity (Wildman–Crippen MR) is 136 cm³/mol. The van der Waals surface area contributed by atoms with E-state index in [1.807, 2.05) is 58.3 Å². The molecule has 7 nitrogen and oxygen atoms in total. The highest BCUT2D eigenvalue weighted by Crippen LogP contribution is 2.37. The lowest BCUT2D eigenvalue weighted by molar-refractivity contribution is -0.128. The summed E-state index contributed by atoms with van der Waals surface area (Å²) in [6, 6.07) is 14.9. The van der Waals surface area contributed by atoms with Gasteiger partial charge in [0.05, 0.1) is 11.7 Å². The van der Waals surface area contributed by atoms with Crippen molar-refractivity contribution in [3.8, 4) is 11.1 Å². The van der Waals surface area contributed by atoms with Crippen LogP contribution in [0.15, 0.2) is 54.7 Å². The molecule has 8 heteroatoms. The maximum atomic E-state index is 13.8. The van der Waals surface area contributed by atoms with Crippen molar-refractivity contribution in [2.24, 2.45) is 0 Å². The van der Waals surface area contributed by atoms with E-state index < -0.39 is 0 Å². The molecule has 1 atom stereocenters. The molecule has 2 aliphatic heterocycles. The van der Waals surface area contributed by atoms with E-state index in [1.54, 1.807) is 6.20 Å². The summed E-state index contributed by atoms with van der Waals surface area (Å²) in [6.45, 7) is 1.95. The Balaban J connectivity index is 1.45. The number of aromatic nitrogens is 2. The van der Waals surface area contributed by atoms with Gasteiger partial charge in [0.1, 0.15) is 0 Å². The number of nitrogen functional groups attached to an aromatic ring is 1. The number of amides is 2. The molecule has 3 aromatic rings. The number of nitrogens with zero attached hydrogens (tertiary/aromatic N) is 4. The molecule has 0 saturated carbocycles. The van der Waals surface area contributed by atoms with Gasteiger partial charge >= 0.3 is 0 Å². The van der Waals surface area contributed by atoms with Crippen molar-refractivity contribution in [2.75, 3.05) is 18.8 Å². The van der Waals surface area contributed by atoms with Gasteiger partial charge in [0.25, 0.3) is 5.91 Å². The number of carbonyl (C=O) groups excluding carboxylic acids is 2. The zero-order valence-corrected chi connectivity index (χ0v) is 20.2. The second-order valence-electron chi connectivity index (χ2n) is 9.16. The normalized spacial score (nSPS) is 18.2. The summed E-state index contributed by atoms with van der Waals surface area (Å²) in [5.74, 6) is 0.324. The highest BCUT2D eigenvalue weighted by atomic mass is 35.5. The average molecular weight is 490 g/mol. The number of rotatable bonds is 5. The van der Waals surface area contributed by atoms with Crippen molar-refractivity contribution in [3.63, 3.8) is 0 Å². The molecule has 1 unspecified atom stereocenters. The van der Waals surface area contributed by atoms with E-state index >= 15 is 0 Å². The fourth-order valence-corrected chi connectivity index (χ4v) is 5.16. The summed E-state index contributed by atoms with van der Waals surface area (Å²) in [4.78, 5) is 38.4. The number of piperidine rings is 1. The molecule has 0 spiro atoms. The highest BCUT2D eigenvalue weighted by Gasteiger charge is 2.32. The van der Waals surface area contributed by atoms with E-state index in [0.29, 0.717) is 30.1 Å². The van der Waals surface area contributed by atoms with Gasteiger partial charge in [-0.2, -0.15) is 0 Å². The Kier molecular flexibility index (Phi) is 6.68. The van der Waals surface area contributed by atoms with Crippen molar-refractivity contribution in [2.45, 2.75) is 44.7 Å². The number of benzene rings is 2. The van der Waals surface area contributed by atoms with Gasteiger partial charge in [0.15, 0.2) is 0 Å². The zero-order chi connectivity index (χ0) is 24.4. The van der Waals surface area contributed by atoms with Crippen LogP contribution in [0, 0.1) is 0 Å². The van der Waals surface area contributed by atoms with E-state index in [-0.39, 0.29) is 23.8 Å². The molecule has 3 heterocycles. The van der Waals surface area contributed by atoms with Crippen LogP contribution < -0.4 is 5.73 Å². The largest absolute Gasteiger partial charge is 0.368 e. The molecule has 2 aromatic carbocycles. The summed E-state index contributed by atoms with van der Waals surface area (Å²) < 4.78 is 0. The summed E-state index contributed by atoms with van der Waals surface area (Å²) in [5, 5.41) is 0.650. The predicted octanol–water partition coefficient (Wildman–Crippen LogP) is 4.87. The number of anilines is 1. The zero-order valence-electron chi connectivity index (χ0n) is 19.5. The van der Waals surface area contributed by atoms with Crippen LogP contribution in [0.5, 0.6) is 0 Å². The number of hydrogen-bond donors (Lipinski definition) is 1. The number of nitrogens with two attached hydrogens (primary N) is 1. The lowest BCUT2D eigenvalue weighted by atomic mass is 9.93. The van der Waals surface area contributed by atoms with E-state index in [4.69, 9.17) is 17.3 Å². The first-order valence-corrected chi connectivity index (χ1v) is 12.4. The molecule has 2 aliphatic rings. The van der Waals surface area contributed by atoms with Crippen LogP contribution >= 0.6 is 11.6 Å². The minimum Gasteiger partial charge on any atom is -0.368 e. The van der Waals surface area contributed by atoms with Gasteiger partial charge < -0.3 is 15.5 Å². The van der Waals surface area contributed by atoms with Crippen LogP contribution in [0.3, 0.4) is 0 Å². The van der Waals surface area contributed by atoms with Crippen molar-refractivity contribution < 1.29 is 9.59 Å². The van der Waals surface area contributed by atoms with Crippen molar-refractivity contribution in [1.29, 1.82) is 0 Å². The Hall–Kier alpha value is -3.45. The quantitative estimate of drug-likeness (QED) is 0.552. The van der Waals surface area contributed by atoms with Crippen molar-refractivity contribution in [3.05, 3.63) is 76.6 Å². The van der Waals surface area contributed by atoms with Gasteiger partial charge in [0, 0.05) is 48.4 Å². The molecular weight excluding hydrogens is 462 g/mol. The first-order valence-electron chi connectivity index (χ1n) is 12.1. The molecule has 2 fully saturated rings. The topological polar surface area (TPSA) is 92.4 Å². The fraction of sp³-hybridized carbons (Fsp3) is 0.333. The lowest BCUT2D eigenvalue weighted by Gasteiger charge is -2.36. The Labute approximate surface area is 209 Å². The van der Waals surface area contributed by atoms with Crippen molar-refractivity contribution in [1.82, 2.24) is 19.8 Å². The molecule has 2 N–H and O–H groups in total. The molecule has 2 saturated heterocycles. The van der Waals surface area contributed by atoms with E-state index in [1.165, 1.54) is 0 Å². The summed E-state index contributed by atoms with van der Waals surface area (Å²) in [5.41, 5.74) is 10.1. The van der Waals surface area contributed by atoms with Crippen molar-refractivity contribution >= 4 is 29.4 Å². The van der Waals surface area contributed by atoms with Crippen LogP contribution in [0.2, 0.25) is 5.02 Å². The third-order valence-electron chi connectivity index (χ3n) is 6.79. The summed E-state index contributed by atoms with van der Waals surface area (Å²) in [6.07, 6.45) is 5.95. The van der Waals surface area contributed by atoms with Gasteiger partial charge in [-0.25, -0.2) is 9.97 Å². The molecule has 2 amide bonds. The Morgan fingerprint density at radius 2 is 1.91 bits per heavy atom. The smallest absolute Gasteiger partial charge is 0.254 e. The van der Waals surface area contributed by atoms with E-state index in [2.05, 4.69) is 9.97 Å². The van der Waals surface area contributed by atoms with Crippen LogP contribution in [-0.2, 0) is 11.3 Å². The Morgan fingerprint density at radius 3 is 2.69 bits per heavy atom. The molecule has 1 aromatic heterocycles. The number of halogens is 1. The third-order valence-corrected chi connectivity index (χ3v) is 7.04. The molecule has 0 bridgehead atoms. The van der Waals surface area contributed by atoms with Gasteiger partial charge in [-0.05, 0) is 61.1 Å². The van der Waals surface area contributed by atoms with Gasteiger partial charge in [-0.15, -0.1) is 0 Å². The molecule has 0 radical (unpaired) electrons. The second kappa shape index (κ2) is 10.0. The molecule has 5 rings (SSSR count). The number of carbonyl (C=O) groups is 2. The van der Waals surface area contributed by atoms with E-state index in [0.717, 1.165) is 54.6 Å². The minimum absolute atomic E-state index is 0.0384. The molecule has 35 heavy (non-hydrogen) atoms. The molecular formula is C27H28ClN5O2. The lowest BCUT2D eigenvalue weighted by Crippen LogP contribution is -2.39. The third kappa shape index (κ3) is 5.00. The second-order valence-corrected chi connectivity index (χ2v) is 9.60. The Bertz CT molecular complexity index is 1250. The monoisotopic (exact) mass is 489 g/mol. The van der Waals surface area contributed by atoms with Crippen LogP contribution in [-0.4, -0.2) is 44.7 Å². The standard InChI is InChI=1S/C27H28ClN5O2/c28-21-11-9-19(10-12-21)22-16-30-27(29)31-25(22)23-7-1-2-14-33(23)26(35)20-6-3-5-18(15-20)17-32-13-4-8-24(32)34/h3,5-6,9-12,15-16,23H,1-2,4,7-8,13-14,17H2,(H2,29,30,31). The number of likely N-dealkylation sites (tertiary alicyclic amines) is 2. The summed E-state index contributed by atoms with van der Waals surface area (Å²) in [7, 11) is 0. The van der Waals surface area contributed by atoms with Gasteiger partial charge in [-0.3, -0.25) is 9.59 Å². The van der Waals surface area contributed by atoms with Gasteiger partial charge in [0.2, 0.25) is 11.9 Å². The average Bonchev–Trinajstić information content (AvgIpc) is 3.28.